The van der Waals surface area contributed by atoms with E-state index in [0.29, 0.717) is 15.8 Å². The number of rotatable bonds is 8. The summed E-state index contributed by atoms with van der Waals surface area (Å²) in [5.41, 5.74) is 4.93. The number of anilines is 1. The maximum absolute atomic E-state index is 12.0. The Labute approximate surface area is 198 Å². The van der Waals surface area contributed by atoms with Crippen LogP contribution >= 0.6 is 45.8 Å². The van der Waals surface area contributed by atoms with Crippen LogP contribution in [0.4, 0.5) is 5.69 Å². The van der Waals surface area contributed by atoms with Gasteiger partial charge >= 0.3 is 0 Å². The zero-order valence-electron chi connectivity index (χ0n) is 15.7. The van der Waals surface area contributed by atoms with Crippen molar-refractivity contribution in [3.8, 4) is 5.75 Å². The summed E-state index contributed by atoms with van der Waals surface area (Å²) in [6, 6.07) is 20.4. The maximum atomic E-state index is 12.0. The van der Waals surface area contributed by atoms with Gasteiger partial charge in [-0.2, -0.15) is 5.10 Å². The number of nitrogens with zero attached hydrogens (tertiary/aromatic N) is 1. The SMILES string of the molecule is O=C(CNc1ccc(I)cc1)N/N=C\c1ccccc1OCc1ccc(Cl)cc1Cl. The number of carbonyl (C=O) groups excluding carboxylic acids is 1. The average Bonchev–Trinajstić information content (AvgIpc) is 2.73. The molecule has 2 N–H and O–H groups in total. The summed E-state index contributed by atoms with van der Waals surface area (Å²) in [6.45, 7) is 0.401. The molecule has 0 aliphatic carbocycles. The van der Waals surface area contributed by atoms with E-state index in [4.69, 9.17) is 27.9 Å². The Morgan fingerprint density at radius 3 is 2.60 bits per heavy atom. The molecule has 0 aliphatic heterocycles. The number of halogens is 3. The fourth-order valence-electron chi connectivity index (χ4n) is 2.48. The summed E-state index contributed by atoms with van der Waals surface area (Å²) in [5.74, 6) is 0.370. The molecule has 1 amide bonds. The highest BCUT2D eigenvalue weighted by atomic mass is 127. The summed E-state index contributed by atoms with van der Waals surface area (Å²) < 4.78 is 7.00. The molecule has 0 bridgehead atoms. The summed E-state index contributed by atoms with van der Waals surface area (Å²) >= 11 is 14.3. The van der Waals surface area contributed by atoms with Crippen LogP contribution in [-0.2, 0) is 11.4 Å². The van der Waals surface area contributed by atoms with E-state index in [1.807, 2.05) is 54.6 Å². The van der Waals surface area contributed by atoms with Crippen molar-refractivity contribution in [2.45, 2.75) is 6.61 Å². The minimum atomic E-state index is -0.254. The number of hydrazone groups is 1. The molecule has 5 nitrogen and oxygen atoms in total. The van der Waals surface area contributed by atoms with Crippen molar-refractivity contribution < 1.29 is 9.53 Å². The van der Waals surface area contributed by atoms with E-state index < -0.39 is 0 Å². The van der Waals surface area contributed by atoms with Gasteiger partial charge in [-0.05, 0) is 71.1 Å². The van der Waals surface area contributed by atoms with Gasteiger partial charge in [-0.15, -0.1) is 0 Å². The molecule has 0 unspecified atom stereocenters. The second-order valence-corrected chi connectivity index (χ2v) is 8.31. The molecule has 0 aromatic heterocycles. The van der Waals surface area contributed by atoms with E-state index in [-0.39, 0.29) is 19.1 Å². The van der Waals surface area contributed by atoms with Crippen molar-refractivity contribution >= 4 is 63.6 Å². The van der Waals surface area contributed by atoms with Gasteiger partial charge in [0.2, 0.25) is 0 Å². The molecule has 0 heterocycles. The van der Waals surface area contributed by atoms with Crippen LogP contribution in [0.3, 0.4) is 0 Å². The number of ether oxygens (including phenoxy) is 1. The highest BCUT2D eigenvalue weighted by molar-refractivity contribution is 14.1. The first-order chi connectivity index (χ1) is 14.5. The first-order valence-electron chi connectivity index (χ1n) is 8.98. The molecule has 3 aromatic rings. The zero-order chi connectivity index (χ0) is 21.3. The van der Waals surface area contributed by atoms with Gasteiger partial charge in [0.15, 0.2) is 0 Å². The summed E-state index contributed by atoms with van der Waals surface area (Å²) in [4.78, 5) is 12.0. The number of amides is 1. The third-order valence-corrected chi connectivity index (χ3v) is 5.31. The highest BCUT2D eigenvalue weighted by Gasteiger charge is 2.06. The maximum Gasteiger partial charge on any atom is 0.259 e. The van der Waals surface area contributed by atoms with Crippen molar-refractivity contribution in [1.82, 2.24) is 5.43 Å². The van der Waals surface area contributed by atoms with Crippen molar-refractivity contribution in [2.75, 3.05) is 11.9 Å². The van der Waals surface area contributed by atoms with Crippen LogP contribution in [0.2, 0.25) is 10.0 Å². The lowest BCUT2D eigenvalue weighted by molar-refractivity contribution is -0.119. The Kier molecular flexibility index (Phi) is 8.36. The van der Waals surface area contributed by atoms with Crippen molar-refractivity contribution in [2.24, 2.45) is 5.10 Å². The van der Waals surface area contributed by atoms with Gasteiger partial charge in [0.25, 0.3) is 5.91 Å². The molecule has 3 rings (SSSR count). The molecule has 8 heteroatoms. The molecule has 30 heavy (non-hydrogen) atoms. The molecule has 0 spiro atoms. The van der Waals surface area contributed by atoms with E-state index in [1.54, 1.807) is 18.3 Å². The molecular weight excluding hydrogens is 536 g/mol. The lowest BCUT2D eigenvalue weighted by Crippen LogP contribution is -2.25. The van der Waals surface area contributed by atoms with Gasteiger partial charge in [-0.3, -0.25) is 4.79 Å². The largest absolute Gasteiger partial charge is 0.488 e. The van der Waals surface area contributed by atoms with Gasteiger partial charge in [-0.1, -0.05) is 41.4 Å². The van der Waals surface area contributed by atoms with Crippen LogP contribution in [-0.4, -0.2) is 18.7 Å². The average molecular weight is 554 g/mol. The van der Waals surface area contributed by atoms with Gasteiger partial charge < -0.3 is 10.1 Å². The van der Waals surface area contributed by atoms with E-state index in [9.17, 15) is 4.79 Å². The molecule has 3 aromatic carbocycles. The predicted molar refractivity (Wildman–Crippen MR) is 131 cm³/mol. The van der Waals surface area contributed by atoms with Gasteiger partial charge in [0.05, 0.1) is 12.8 Å². The molecule has 154 valence electrons. The third kappa shape index (κ3) is 6.90. The normalized spacial score (nSPS) is 10.8. The van der Waals surface area contributed by atoms with Crippen molar-refractivity contribution in [3.05, 3.63) is 91.5 Å². The Balaban J connectivity index is 1.54. The first-order valence-corrected chi connectivity index (χ1v) is 10.8. The number of hydrogen-bond acceptors (Lipinski definition) is 4. The lowest BCUT2D eigenvalue weighted by Gasteiger charge is -2.10. The molecule has 0 saturated heterocycles. The van der Waals surface area contributed by atoms with E-state index in [1.165, 1.54) is 0 Å². The van der Waals surface area contributed by atoms with Crippen molar-refractivity contribution in [3.63, 3.8) is 0 Å². The highest BCUT2D eigenvalue weighted by Crippen LogP contribution is 2.23. The lowest BCUT2D eigenvalue weighted by atomic mass is 10.2. The fraction of sp³-hybridized carbons (Fsp3) is 0.0909. The fourth-order valence-corrected chi connectivity index (χ4v) is 3.30. The predicted octanol–water partition coefficient (Wildman–Crippen LogP) is 5.74. The van der Waals surface area contributed by atoms with E-state index >= 15 is 0 Å². The van der Waals surface area contributed by atoms with E-state index in [2.05, 4.69) is 38.4 Å². The quantitative estimate of drug-likeness (QED) is 0.212. The smallest absolute Gasteiger partial charge is 0.259 e. The number of benzene rings is 3. The van der Waals surface area contributed by atoms with Gasteiger partial charge in [0, 0.05) is 30.4 Å². The van der Waals surface area contributed by atoms with Gasteiger partial charge in [-0.25, -0.2) is 5.43 Å². The van der Waals surface area contributed by atoms with Gasteiger partial charge in [0.1, 0.15) is 12.4 Å². The third-order valence-electron chi connectivity index (χ3n) is 4.01. The molecule has 0 saturated carbocycles. The summed E-state index contributed by atoms with van der Waals surface area (Å²) in [6.07, 6.45) is 1.54. The second-order valence-electron chi connectivity index (χ2n) is 6.22. The molecule has 0 fully saturated rings. The van der Waals surface area contributed by atoms with Crippen LogP contribution in [0.15, 0.2) is 71.8 Å². The standard InChI is InChI=1S/C22H18Cl2IN3O2/c23-17-6-5-16(20(24)11-17)14-30-21-4-2-1-3-15(21)12-27-28-22(29)13-26-19-9-7-18(25)8-10-19/h1-12,26H,13-14H2,(H,28,29)/b27-12-. The summed E-state index contributed by atoms with van der Waals surface area (Å²) in [7, 11) is 0. The molecular formula is C22H18Cl2IN3O2. The van der Waals surface area contributed by atoms with Crippen LogP contribution in [0.1, 0.15) is 11.1 Å². The number of carbonyl (C=O) groups is 1. The Hall–Kier alpha value is -2.29. The number of nitrogens with one attached hydrogen (secondary N) is 2. The molecule has 0 atom stereocenters. The number of hydrogen-bond donors (Lipinski definition) is 2. The zero-order valence-corrected chi connectivity index (χ0v) is 19.4. The Morgan fingerprint density at radius 2 is 1.83 bits per heavy atom. The van der Waals surface area contributed by atoms with Crippen LogP contribution in [0.5, 0.6) is 5.75 Å². The van der Waals surface area contributed by atoms with Crippen LogP contribution in [0.25, 0.3) is 0 Å². The van der Waals surface area contributed by atoms with E-state index in [0.717, 1.165) is 20.4 Å². The van der Waals surface area contributed by atoms with Crippen LogP contribution in [0, 0.1) is 3.57 Å². The molecule has 0 aliphatic rings. The topological polar surface area (TPSA) is 62.7 Å². The minimum Gasteiger partial charge on any atom is -0.488 e. The first kappa shape index (κ1) is 22.4. The second kappa shape index (κ2) is 11.2. The number of para-hydroxylation sites is 1. The monoisotopic (exact) mass is 553 g/mol. The summed E-state index contributed by atoms with van der Waals surface area (Å²) in [5, 5.41) is 8.18. The minimum absolute atomic E-state index is 0.116. The molecule has 0 radical (unpaired) electrons. The van der Waals surface area contributed by atoms with Crippen molar-refractivity contribution in [1.29, 1.82) is 0 Å². The Bertz CT molecular complexity index is 1040. The van der Waals surface area contributed by atoms with Crippen LogP contribution < -0.4 is 15.5 Å². The Morgan fingerprint density at radius 1 is 1.07 bits per heavy atom.